The number of phenolic OH excluding ortho intramolecular Hbond substituents is 3. The normalized spacial score (nSPS) is 28.1. The zero-order chi connectivity index (χ0) is 78.8. The van der Waals surface area contributed by atoms with Crippen LogP contribution in [-0.4, -0.2) is 186 Å². The number of carbonyl (C=O) groups excluding carboxylic acids is 8. The molecular weight excluding hydrogens is 1470 g/mol. The van der Waals surface area contributed by atoms with Crippen molar-refractivity contribution in [3.63, 3.8) is 0 Å². The third kappa shape index (κ3) is 17.7. The average molecular weight is 1550 g/mol. The second kappa shape index (κ2) is 33.5. The zero-order valence-electron chi connectivity index (χ0n) is 59.2. The molecule has 7 aliphatic heterocycles. The van der Waals surface area contributed by atoms with Gasteiger partial charge in [0.2, 0.25) is 59.3 Å². The molecule has 35 heteroatoms. The second-order valence-corrected chi connectivity index (χ2v) is 28.7. The van der Waals surface area contributed by atoms with Crippen molar-refractivity contribution in [1.29, 1.82) is 0 Å². The number of likely N-dealkylation sites (N-methyl/N-ethyl adjacent to an activating group) is 1. The van der Waals surface area contributed by atoms with Crippen LogP contribution in [0.4, 0.5) is 0 Å². The number of hydrogen-bond donors (Lipinski definition) is 19. The standard InChI is InChI=1S/C74H84Cl2N10O23/c1-30(2)19-42(79-5)65(96)85-57-59(92)34-12-15-46(40(75)21-34)104-48-23-36-24-49(63(48)109-73-64(62(95)61(94)50(29-87)106-73)107-52-28-74(4,78)31(3)72(103)108-52)105-47-16-13-35(22-41(47)76)60(93)58-71(102)84-56(67(98)80-18-17-32-9-7-6-8-10-32)39-25-37(88)26-45(90)53(39)38-20-33(11-14-44(38)89)54(68(99)86-58)83-69(100)55(36)82-66(97)43(27-51(77)91)81-70(57)101/h6-16,20-26,30-31,42-43,50,52,54-62,64,72-73,79,87-90,92-95,103H,17-19,27-29,78H2,1-5H3,(H2,77,91)(H,80,98)(H,81,101)(H,82,97)(H,83,100)(H,84,102)(H,85,96)(H,86,99)/t31-,42-,43+,50+,52-,54-,55-,56+,57-,58+,59-,60-,61+,62-,64+,72-,73-,74+/m1/s1. The van der Waals surface area contributed by atoms with Gasteiger partial charge in [-0.25, -0.2) is 0 Å². The van der Waals surface area contributed by atoms with E-state index in [1.165, 1.54) is 25.2 Å². The van der Waals surface area contributed by atoms with E-state index in [1.54, 1.807) is 44.2 Å². The van der Waals surface area contributed by atoms with E-state index >= 15 is 19.2 Å². The smallest absolute Gasteiger partial charge is 0.248 e. The van der Waals surface area contributed by atoms with Crippen LogP contribution >= 0.6 is 23.2 Å². The highest BCUT2D eigenvalue weighted by atomic mass is 35.5. The lowest BCUT2D eigenvalue weighted by atomic mass is 9.82. The molecule has 0 aliphatic carbocycles. The molecule has 0 unspecified atom stereocenters. The lowest BCUT2D eigenvalue weighted by molar-refractivity contribution is -0.348. The summed E-state index contributed by atoms with van der Waals surface area (Å²) in [4.78, 5) is 120. The van der Waals surface area contributed by atoms with Crippen LogP contribution in [0.5, 0.6) is 46.0 Å². The van der Waals surface area contributed by atoms with E-state index in [9.17, 15) is 65.1 Å². The van der Waals surface area contributed by atoms with Crippen LogP contribution in [0.15, 0.2) is 109 Å². The Kier molecular flexibility index (Phi) is 24.6. The number of hydrogen-bond acceptors (Lipinski definition) is 25. The molecule has 0 aromatic heterocycles. The quantitative estimate of drug-likeness (QED) is 0.0654. The molecule has 18 atom stereocenters. The van der Waals surface area contributed by atoms with Crippen molar-refractivity contribution in [3.05, 3.63) is 153 Å². The second-order valence-electron chi connectivity index (χ2n) is 27.9. The number of aliphatic hydroxyl groups is 6. The van der Waals surface area contributed by atoms with Crippen molar-refractivity contribution in [2.24, 2.45) is 23.3 Å². The highest BCUT2D eigenvalue weighted by Gasteiger charge is 2.51. The maximum atomic E-state index is 16.2. The molecule has 6 aromatic carbocycles. The lowest BCUT2D eigenvalue weighted by Crippen LogP contribution is -2.63. The van der Waals surface area contributed by atoms with Gasteiger partial charge in [0.1, 0.15) is 95.5 Å². The van der Waals surface area contributed by atoms with Crippen LogP contribution in [0.2, 0.25) is 10.0 Å². The summed E-state index contributed by atoms with van der Waals surface area (Å²) >= 11 is 14.3. The topological polar surface area (TPSA) is 522 Å². The highest BCUT2D eigenvalue weighted by molar-refractivity contribution is 6.32. The first-order valence-corrected chi connectivity index (χ1v) is 35.5. The molecule has 0 radical (unpaired) electrons. The predicted molar refractivity (Wildman–Crippen MR) is 385 cm³/mol. The minimum absolute atomic E-state index is 0.0557. The molecule has 2 saturated heterocycles. The first-order valence-electron chi connectivity index (χ1n) is 34.8. The van der Waals surface area contributed by atoms with Crippen LogP contribution in [0.25, 0.3) is 11.1 Å². The van der Waals surface area contributed by atoms with Gasteiger partial charge in [-0.2, -0.15) is 0 Å². The Hall–Kier alpha value is -9.98. The molecule has 13 rings (SSSR count). The summed E-state index contributed by atoms with van der Waals surface area (Å²) in [5, 5.41) is 125. The Labute approximate surface area is 632 Å². The van der Waals surface area contributed by atoms with Crippen molar-refractivity contribution in [3.8, 4) is 57.1 Å². The van der Waals surface area contributed by atoms with E-state index in [2.05, 4.69) is 42.5 Å². The summed E-state index contributed by atoms with van der Waals surface area (Å²) in [7, 11) is 1.48. The van der Waals surface area contributed by atoms with Gasteiger partial charge in [0.05, 0.1) is 29.1 Å². The minimum Gasteiger partial charge on any atom is -0.508 e. The molecule has 582 valence electrons. The molecule has 11 bridgehead atoms. The molecule has 7 aliphatic rings. The van der Waals surface area contributed by atoms with Crippen molar-refractivity contribution in [2.75, 3.05) is 20.2 Å². The van der Waals surface area contributed by atoms with Gasteiger partial charge in [-0.1, -0.05) is 92.5 Å². The van der Waals surface area contributed by atoms with E-state index < -0.39 is 220 Å². The molecule has 33 nitrogen and oxygen atoms in total. The highest BCUT2D eigenvalue weighted by Crippen LogP contribution is 2.50. The maximum Gasteiger partial charge on any atom is 0.248 e. The van der Waals surface area contributed by atoms with Gasteiger partial charge in [-0.15, -0.1) is 0 Å². The number of aromatic hydroxyl groups is 3. The van der Waals surface area contributed by atoms with Gasteiger partial charge >= 0.3 is 0 Å². The van der Waals surface area contributed by atoms with E-state index in [-0.39, 0.29) is 76.1 Å². The Morgan fingerprint density at radius 2 is 1.32 bits per heavy atom. The molecule has 6 aromatic rings. The number of amides is 8. The maximum absolute atomic E-state index is 16.2. The number of phenols is 3. The fourth-order valence-electron chi connectivity index (χ4n) is 13.4. The number of nitrogens with one attached hydrogen (secondary N) is 8. The Bertz CT molecular complexity index is 4460. The molecule has 0 saturated carbocycles. The van der Waals surface area contributed by atoms with E-state index in [1.807, 2.05) is 13.8 Å². The van der Waals surface area contributed by atoms with Crippen LogP contribution < -0.4 is 68.2 Å². The van der Waals surface area contributed by atoms with E-state index in [0.717, 1.165) is 66.2 Å². The van der Waals surface area contributed by atoms with Crippen LogP contribution in [0, 0.1) is 11.8 Å². The molecule has 109 heavy (non-hydrogen) atoms. The predicted octanol–water partition coefficient (Wildman–Crippen LogP) is 1.59. The number of fused-ring (bicyclic) bond motifs is 15. The van der Waals surface area contributed by atoms with Crippen LogP contribution in [-0.2, 0) is 59.0 Å². The fraction of sp³-hybridized carbons (Fsp3) is 0.405. The van der Waals surface area contributed by atoms with Gasteiger partial charge in [0, 0.05) is 41.6 Å². The largest absolute Gasteiger partial charge is 0.508 e. The van der Waals surface area contributed by atoms with Gasteiger partial charge in [-0.3, -0.25) is 38.4 Å². The van der Waals surface area contributed by atoms with Gasteiger partial charge in [0.25, 0.3) is 0 Å². The Morgan fingerprint density at radius 3 is 1.94 bits per heavy atom. The Morgan fingerprint density at radius 1 is 0.697 bits per heavy atom. The van der Waals surface area contributed by atoms with Gasteiger partial charge in [0.15, 0.2) is 30.2 Å². The molecule has 8 amide bonds. The Balaban J connectivity index is 1.14. The minimum atomic E-state index is -2.34. The van der Waals surface area contributed by atoms with Crippen LogP contribution in [0.1, 0.15) is 111 Å². The summed E-state index contributed by atoms with van der Waals surface area (Å²) in [5.74, 6) is -15.3. The monoisotopic (exact) mass is 1550 g/mol. The molecule has 0 spiro atoms. The lowest BCUT2D eigenvalue weighted by Gasteiger charge is -2.47. The van der Waals surface area contributed by atoms with E-state index in [4.69, 9.17) is 63.1 Å². The van der Waals surface area contributed by atoms with Crippen molar-refractivity contribution in [1.82, 2.24) is 42.5 Å². The van der Waals surface area contributed by atoms with Crippen molar-refractivity contribution in [2.45, 2.75) is 157 Å². The summed E-state index contributed by atoms with van der Waals surface area (Å²) < 4.78 is 38.3. The third-order valence-corrected chi connectivity index (χ3v) is 20.2. The summed E-state index contributed by atoms with van der Waals surface area (Å²) in [6, 6.07) is 9.33. The van der Waals surface area contributed by atoms with Crippen LogP contribution in [0.3, 0.4) is 0 Å². The number of aliphatic hydroxyl groups excluding tert-OH is 6. The number of rotatable bonds is 16. The van der Waals surface area contributed by atoms with Gasteiger partial charge < -0.3 is 128 Å². The molecule has 7 heterocycles. The number of halogens is 2. The SMILES string of the molecule is CN[C@H](CC(C)C)C(=O)N[C@H]1C(=O)N[C@@H](CC(N)=O)C(=O)N[C@H]2C(=O)N[C@H]3C(=O)N[C@H](C(=O)N[C@H](C(=O)NCCc4ccccc4)c4cc(O)cc(O)c4-c4cc3ccc4O)[C@H](O)c3ccc(c(Cl)c3)Oc3cc2cc(c3O[C@H]2O[C@@H](CO)[C@H](O)[C@@H](O)[C@@H]2O[C@H]2C[C@](C)(N)[C@H](C)[C@H](O)O2)Oc2ccc(cc2Cl)[C@H]1O. The van der Waals surface area contributed by atoms with E-state index in [0.29, 0.717) is 0 Å². The number of benzene rings is 6. The summed E-state index contributed by atoms with van der Waals surface area (Å²) in [6.45, 7) is 5.84. The number of primary amides is 1. The fourth-order valence-corrected chi connectivity index (χ4v) is 13.9. The number of carbonyl (C=O) groups is 8. The van der Waals surface area contributed by atoms with Gasteiger partial charge in [-0.05, 0) is 121 Å². The average Bonchev–Trinajstić information content (AvgIpc) is 0.768. The number of ether oxygens (including phenoxy) is 6. The first-order chi connectivity index (χ1) is 51.7. The van der Waals surface area contributed by atoms with Crippen molar-refractivity contribution < 1.29 is 113 Å². The third-order valence-electron chi connectivity index (χ3n) is 19.6. The molecule has 21 N–H and O–H groups in total. The number of nitrogens with two attached hydrogens (primary N) is 2. The molecular formula is C74H84Cl2N10O23. The molecule has 2 fully saturated rings. The summed E-state index contributed by atoms with van der Waals surface area (Å²) in [6.07, 6.45) is -17.6. The summed E-state index contributed by atoms with van der Waals surface area (Å²) in [5.41, 5.74) is 9.70. The zero-order valence-corrected chi connectivity index (χ0v) is 60.7. The van der Waals surface area contributed by atoms with Crippen molar-refractivity contribution >= 4 is 70.5 Å². The first kappa shape index (κ1) is 80.0.